The van der Waals surface area contributed by atoms with Gasteiger partial charge in [0.15, 0.2) is 0 Å². The van der Waals surface area contributed by atoms with Crippen LogP contribution >= 0.6 is 7.60 Å². The molecule has 15 heavy (non-hydrogen) atoms. The van der Waals surface area contributed by atoms with Gasteiger partial charge in [0.2, 0.25) is 0 Å². The van der Waals surface area contributed by atoms with Gasteiger partial charge < -0.3 is 13.8 Å². The molecule has 0 saturated heterocycles. The molecule has 92 valence electrons. The van der Waals surface area contributed by atoms with Crippen LogP contribution in [0.5, 0.6) is 0 Å². The summed E-state index contributed by atoms with van der Waals surface area (Å²) in [5.41, 5.74) is 0. The van der Waals surface area contributed by atoms with Gasteiger partial charge in [-0.3, -0.25) is 4.57 Å². The van der Waals surface area contributed by atoms with Crippen molar-refractivity contribution in [3.8, 4) is 0 Å². The van der Waals surface area contributed by atoms with Crippen molar-refractivity contribution < 1.29 is 18.3 Å². The Morgan fingerprint density at radius 3 is 1.80 bits per heavy atom. The van der Waals surface area contributed by atoms with Crippen LogP contribution in [0.1, 0.15) is 39.5 Å². The van der Waals surface area contributed by atoms with Crippen molar-refractivity contribution in [1.82, 2.24) is 0 Å². The Morgan fingerprint density at radius 2 is 1.47 bits per heavy atom. The summed E-state index contributed by atoms with van der Waals surface area (Å²) in [6.07, 6.45) is 3.86. The predicted octanol–water partition coefficient (Wildman–Crippen LogP) is 3.42. The Kier molecular flexibility index (Phi) is 9.41. The van der Waals surface area contributed by atoms with Crippen molar-refractivity contribution in [3.05, 3.63) is 0 Å². The molecule has 0 aromatic rings. The van der Waals surface area contributed by atoms with Gasteiger partial charge in [0, 0.05) is 7.11 Å². The van der Waals surface area contributed by atoms with Gasteiger partial charge in [-0.25, -0.2) is 0 Å². The van der Waals surface area contributed by atoms with E-state index in [1.54, 1.807) is 0 Å². The monoisotopic (exact) mass is 238 g/mol. The third kappa shape index (κ3) is 7.97. The van der Waals surface area contributed by atoms with Crippen LogP contribution in [-0.2, 0) is 18.3 Å². The fourth-order valence-electron chi connectivity index (χ4n) is 0.966. The molecule has 0 heterocycles. The van der Waals surface area contributed by atoms with Crippen LogP contribution in [0, 0.1) is 0 Å². The highest BCUT2D eigenvalue weighted by Gasteiger charge is 2.23. The van der Waals surface area contributed by atoms with E-state index >= 15 is 0 Å². The highest BCUT2D eigenvalue weighted by Crippen LogP contribution is 2.48. The summed E-state index contributed by atoms with van der Waals surface area (Å²) in [6, 6.07) is 0. The standard InChI is InChI=1S/C10H23O4P/c1-4-6-8-13-15(11,10-12-3)14-9-7-5-2/h4-10H2,1-3H3. The molecule has 0 rings (SSSR count). The molecule has 5 heteroatoms. The molecule has 0 spiro atoms. The number of unbranched alkanes of at least 4 members (excludes halogenated alkanes) is 2. The normalized spacial score (nSPS) is 11.9. The summed E-state index contributed by atoms with van der Waals surface area (Å²) < 4.78 is 27.4. The molecule has 0 atom stereocenters. The van der Waals surface area contributed by atoms with Gasteiger partial charge in [-0.15, -0.1) is 0 Å². The van der Waals surface area contributed by atoms with Crippen LogP contribution in [0.3, 0.4) is 0 Å². The SMILES string of the molecule is CCCCOP(=O)(COC)OCCCC. The first-order chi connectivity index (χ1) is 7.18. The van der Waals surface area contributed by atoms with Gasteiger partial charge in [0.1, 0.15) is 6.35 Å². The molecular weight excluding hydrogens is 215 g/mol. The molecule has 0 unspecified atom stereocenters. The Hall–Kier alpha value is 0.110. The molecule has 0 amide bonds. The average molecular weight is 238 g/mol. The van der Waals surface area contributed by atoms with Gasteiger partial charge in [-0.1, -0.05) is 26.7 Å². The maximum absolute atomic E-state index is 12.0. The van der Waals surface area contributed by atoms with E-state index in [1.165, 1.54) is 7.11 Å². The highest BCUT2D eigenvalue weighted by atomic mass is 31.2. The van der Waals surface area contributed by atoms with Crippen molar-refractivity contribution in [2.24, 2.45) is 0 Å². The summed E-state index contributed by atoms with van der Waals surface area (Å²) in [6.45, 7) is 5.07. The minimum absolute atomic E-state index is 0.0421. The fourth-order valence-corrected chi connectivity index (χ4v) is 2.32. The number of hydrogen-bond donors (Lipinski definition) is 0. The minimum Gasteiger partial charge on any atom is -0.372 e. The lowest BCUT2D eigenvalue weighted by atomic mass is 10.4. The van der Waals surface area contributed by atoms with Crippen LogP contribution in [0.15, 0.2) is 0 Å². The van der Waals surface area contributed by atoms with Crippen molar-refractivity contribution in [1.29, 1.82) is 0 Å². The first-order valence-electron chi connectivity index (χ1n) is 5.55. The summed E-state index contributed by atoms with van der Waals surface area (Å²) in [7, 11) is -1.50. The zero-order valence-electron chi connectivity index (χ0n) is 10.0. The summed E-state index contributed by atoms with van der Waals surface area (Å²) in [5.74, 6) is 0. The number of methoxy groups -OCH3 is 1. The molecule has 0 aromatic heterocycles. The van der Waals surface area contributed by atoms with Crippen LogP contribution in [0.2, 0.25) is 0 Å². The quantitative estimate of drug-likeness (QED) is 0.432. The predicted molar refractivity (Wildman–Crippen MR) is 61.2 cm³/mol. The van der Waals surface area contributed by atoms with E-state index in [-0.39, 0.29) is 6.35 Å². The Morgan fingerprint density at radius 1 is 1.00 bits per heavy atom. The number of hydrogen-bond acceptors (Lipinski definition) is 4. The van der Waals surface area contributed by atoms with E-state index in [0.717, 1.165) is 25.7 Å². The van der Waals surface area contributed by atoms with Crippen LogP contribution < -0.4 is 0 Å². The highest BCUT2D eigenvalue weighted by molar-refractivity contribution is 7.53. The van der Waals surface area contributed by atoms with Gasteiger partial charge in [0.25, 0.3) is 0 Å². The molecule has 0 N–H and O–H groups in total. The smallest absolute Gasteiger partial charge is 0.356 e. The molecular formula is C10H23O4P. The van der Waals surface area contributed by atoms with Crippen molar-refractivity contribution in [2.45, 2.75) is 39.5 Å². The number of ether oxygens (including phenoxy) is 1. The fraction of sp³-hybridized carbons (Fsp3) is 1.00. The Balaban J connectivity index is 3.89. The van der Waals surface area contributed by atoms with E-state index in [4.69, 9.17) is 13.8 Å². The van der Waals surface area contributed by atoms with Gasteiger partial charge in [0.05, 0.1) is 13.2 Å². The maximum Gasteiger partial charge on any atom is 0.356 e. The van der Waals surface area contributed by atoms with Crippen molar-refractivity contribution >= 4 is 7.60 Å². The average Bonchev–Trinajstić information content (AvgIpc) is 2.19. The van der Waals surface area contributed by atoms with Crippen molar-refractivity contribution in [2.75, 3.05) is 26.7 Å². The Labute approximate surface area is 92.8 Å². The third-order valence-corrected chi connectivity index (χ3v) is 3.59. The molecule has 4 nitrogen and oxygen atoms in total. The van der Waals surface area contributed by atoms with Gasteiger partial charge in [-0.05, 0) is 12.8 Å². The van der Waals surface area contributed by atoms with Gasteiger partial charge >= 0.3 is 7.60 Å². The zero-order valence-corrected chi connectivity index (χ0v) is 10.9. The molecule has 0 radical (unpaired) electrons. The summed E-state index contributed by atoms with van der Waals surface area (Å²) in [4.78, 5) is 0. The molecule has 0 aliphatic heterocycles. The maximum atomic E-state index is 12.0. The molecule has 0 aliphatic carbocycles. The zero-order chi connectivity index (χ0) is 11.6. The molecule has 0 bridgehead atoms. The van der Waals surface area contributed by atoms with Crippen LogP contribution in [-0.4, -0.2) is 26.7 Å². The lowest BCUT2D eigenvalue weighted by Crippen LogP contribution is -2.04. The molecule has 0 aromatic carbocycles. The lowest BCUT2D eigenvalue weighted by Gasteiger charge is -2.17. The number of rotatable bonds is 10. The second-order valence-corrected chi connectivity index (χ2v) is 5.40. The molecule has 0 aliphatic rings. The minimum atomic E-state index is -3.00. The first kappa shape index (κ1) is 15.1. The molecule has 0 saturated carbocycles. The van der Waals surface area contributed by atoms with E-state index < -0.39 is 7.60 Å². The summed E-state index contributed by atoms with van der Waals surface area (Å²) in [5, 5.41) is 0. The van der Waals surface area contributed by atoms with E-state index in [2.05, 4.69) is 13.8 Å². The second kappa shape index (κ2) is 9.34. The summed E-state index contributed by atoms with van der Waals surface area (Å²) >= 11 is 0. The third-order valence-electron chi connectivity index (χ3n) is 1.86. The second-order valence-electron chi connectivity index (χ2n) is 3.40. The van der Waals surface area contributed by atoms with E-state index in [9.17, 15) is 4.57 Å². The largest absolute Gasteiger partial charge is 0.372 e. The lowest BCUT2D eigenvalue weighted by molar-refractivity contribution is 0.156. The van der Waals surface area contributed by atoms with Crippen molar-refractivity contribution in [3.63, 3.8) is 0 Å². The van der Waals surface area contributed by atoms with Crippen LogP contribution in [0.4, 0.5) is 0 Å². The van der Waals surface area contributed by atoms with Gasteiger partial charge in [-0.2, -0.15) is 0 Å². The van der Waals surface area contributed by atoms with E-state index in [1.807, 2.05) is 0 Å². The topological polar surface area (TPSA) is 44.8 Å². The first-order valence-corrected chi connectivity index (χ1v) is 7.28. The van der Waals surface area contributed by atoms with Crippen LogP contribution in [0.25, 0.3) is 0 Å². The Bertz CT molecular complexity index is 170. The van der Waals surface area contributed by atoms with E-state index in [0.29, 0.717) is 13.2 Å². The molecule has 0 fully saturated rings.